The van der Waals surface area contributed by atoms with Crippen LogP contribution in [0.1, 0.15) is 5.56 Å². The summed E-state index contributed by atoms with van der Waals surface area (Å²) >= 11 is 6.07. The first kappa shape index (κ1) is 12.1. The van der Waals surface area contributed by atoms with Crippen LogP contribution in [-0.2, 0) is 7.05 Å². The normalized spacial score (nSPS) is 11.2. The third-order valence-corrected chi connectivity index (χ3v) is 3.56. The summed E-state index contributed by atoms with van der Waals surface area (Å²) in [6.07, 6.45) is 0. The van der Waals surface area contributed by atoms with Crippen LogP contribution < -0.4 is 0 Å². The minimum atomic E-state index is -0.446. The van der Waals surface area contributed by atoms with E-state index in [1.165, 1.54) is 4.80 Å². The molecule has 0 aliphatic rings. The summed E-state index contributed by atoms with van der Waals surface area (Å²) in [5, 5.41) is 8.62. The van der Waals surface area contributed by atoms with Crippen molar-refractivity contribution in [1.82, 2.24) is 15.0 Å². The number of benzene rings is 2. The summed E-state index contributed by atoms with van der Waals surface area (Å²) in [4.78, 5) is 1.43. The zero-order chi connectivity index (χ0) is 13.6. The van der Waals surface area contributed by atoms with Gasteiger partial charge in [0.05, 0.1) is 5.02 Å². The summed E-state index contributed by atoms with van der Waals surface area (Å²) < 4.78 is 14.5. The van der Waals surface area contributed by atoms with Crippen LogP contribution in [0.5, 0.6) is 0 Å². The molecule has 1 aromatic heterocycles. The summed E-state index contributed by atoms with van der Waals surface area (Å²) in [6, 6.07) is 9.25. The van der Waals surface area contributed by atoms with Gasteiger partial charge in [0.15, 0.2) is 5.82 Å². The highest BCUT2D eigenvalue weighted by molar-refractivity contribution is 6.33. The molecule has 0 atom stereocenters. The topological polar surface area (TPSA) is 30.7 Å². The van der Waals surface area contributed by atoms with Crippen LogP contribution in [0.25, 0.3) is 22.2 Å². The number of halogens is 2. The molecule has 3 rings (SSSR count). The summed E-state index contributed by atoms with van der Waals surface area (Å²) in [5.41, 5.74) is 2.93. The monoisotopic (exact) mass is 275 g/mol. The lowest BCUT2D eigenvalue weighted by atomic mass is 10.0. The van der Waals surface area contributed by atoms with E-state index in [9.17, 15) is 4.39 Å². The van der Waals surface area contributed by atoms with Crippen molar-refractivity contribution in [3.05, 3.63) is 46.7 Å². The van der Waals surface area contributed by atoms with Crippen molar-refractivity contribution >= 4 is 22.6 Å². The fraction of sp³-hybridized carbons (Fsp3) is 0.143. The Morgan fingerprint density at radius 2 is 1.74 bits per heavy atom. The Labute approximate surface area is 114 Å². The molecule has 5 heteroatoms. The van der Waals surface area contributed by atoms with Gasteiger partial charge in [-0.3, -0.25) is 0 Å². The molecule has 0 amide bonds. The molecule has 3 nitrogen and oxygen atoms in total. The predicted octanol–water partition coefficient (Wildman–Crippen LogP) is 3.74. The third kappa shape index (κ3) is 1.79. The van der Waals surface area contributed by atoms with Crippen molar-refractivity contribution in [2.24, 2.45) is 7.05 Å². The first-order chi connectivity index (χ1) is 9.09. The molecule has 0 bridgehead atoms. The first-order valence-electron chi connectivity index (χ1n) is 5.83. The van der Waals surface area contributed by atoms with Gasteiger partial charge in [0.25, 0.3) is 0 Å². The Hall–Kier alpha value is -1.94. The van der Waals surface area contributed by atoms with Crippen LogP contribution in [0.3, 0.4) is 0 Å². The number of nitrogens with zero attached hydrogens (tertiary/aromatic N) is 3. The number of hydrogen-bond acceptors (Lipinski definition) is 2. The van der Waals surface area contributed by atoms with E-state index in [0.717, 1.165) is 5.56 Å². The first-order valence-corrected chi connectivity index (χ1v) is 6.21. The number of aryl methyl sites for hydroxylation is 2. The van der Waals surface area contributed by atoms with Crippen molar-refractivity contribution in [3.8, 4) is 11.1 Å². The lowest BCUT2D eigenvalue weighted by Gasteiger charge is -2.08. The second kappa shape index (κ2) is 4.31. The van der Waals surface area contributed by atoms with Gasteiger partial charge in [0.1, 0.15) is 11.0 Å². The van der Waals surface area contributed by atoms with Gasteiger partial charge in [-0.2, -0.15) is 15.0 Å². The Kier molecular flexibility index (Phi) is 2.75. The molecule has 0 aliphatic carbocycles. The van der Waals surface area contributed by atoms with E-state index >= 15 is 0 Å². The van der Waals surface area contributed by atoms with Crippen LogP contribution in [0, 0.1) is 12.7 Å². The van der Waals surface area contributed by atoms with E-state index in [-0.39, 0.29) is 5.02 Å². The molecule has 0 fully saturated rings. The van der Waals surface area contributed by atoms with E-state index < -0.39 is 5.82 Å². The smallest absolute Gasteiger partial charge is 0.152 e. The molecular formula is C14H11ClFN3. The van der Waals surface area contributed by atoms with Gasteiger partial charge in [0.2, 0.25) is 0 Å². The number of hydrogen-bond donors (Lipinski definition) is 0. The van der Waals surface area contributed by atoms with Crippen molar-refractivity contribution in [2.75, 3.05) is 0 Å². The standard InChI is InChI=1S/C14H11ClFN3/c1-8-11(15)12(16)10(9-6-4-3-5-7-9)14-13(8)17-19(2)18-14/h3-7H,1-2H3. The minimum Gasteiger partial charge on any atom is -0.205 e. The zero-order valence-corrected chi connectivity index (χ0v) is 11.2. The van der Waals surface area contributed by atoms with Gasteiger partial charge in [-0.05, 0) is 12.5 Å². The zero-order valence-electron chi connectivity index (χ0n) is 10.5. The average Bonchev–Trinajstić information content (AvgIpc) is 2.79. The van der Waals surface area contributed by atoms with Crippen LogP contribution in [0.2, 0.25) is 5.02 Å². The van der Waals surface area contributed by atoms with Gasteiger partial charge in [-0.25, -0.2) is 4.39 Å². The van der Waals surface area contributed by atoms with E-state index in [1.54, 1.807) is 14.0 Å². The molecule has 0 N–H and O–H groups in total. The van der Waals surface area contributed by atoms with Crippen molar-refractivity contribution < 1.29 is 4.39 Å². The van der Waals surface area contributed by atoms with Gasteiger partial charge < -0.3 is 0 Å². The number of fused-ring (bicyclic) bond motifs is 1. The number of rotatable bonds is 1. The SMILES string of the molecule is Cc1c(Cl)c(F)c(-c2ccccc2)c2nn(C)nc12. The highest BCUT2D eigenvalue weighted by atomic mass is 35.5. The maximum absolute atomic E-state index is 14.5. The van der Waals surface area contributed by atoms with Crippen LogP contribution in [-0.4, -0.2) is 15.0 Å². The van der Waals surface area contributed by atoms with Gasteiger partial charge >= 0.3 is 0 Å². The fourth-order valence-electron chi connectivity index (χ4n) is 2.18. The molecule has 96 valence electrons. The fourth-order valence-corrected chi connectivity index (χ4v) is 2.36. The van der Waals surface area contributed by atoms with E-state index in [2.05, 4.69) is 10.2 Å². The summed E-state index contributed by atoms with van der Waals surface area (Å²) in [5.74, 6) is -0.446. The van der Waals surface area contributed by atoms with Crippen molar-refractivity contribution in [3.63, 3.8) is 0 Å². The molecule has 2 aromatic carbocycles. The van der Waals surface area contributed by atoms with E-state index in [4.69, 9.17) is 11.6 Å². The predicted molar refractivity (Wildman–Crippen MR) is 73.7 cm³/mol. The molecule has 0 saturated heterocycles. The molecule has 0 aliphatic heterocycles. The molecule has 1 heterocycles. The third-order valence-electron chi connectivity index (χ3n) is 3.11. The summed E-state index contributed by atoms with van der Waals surface area (Å²) in [7, 11) is 1.71. The number of aromatic nitrogens is 3. The maximum atomic E-state index is 14.5. The molecule has 3 aromatic rings. The highest BCUT2D eigenvalue weighted by Crippen LogP contribution is 2.36. The van der Waals surface area contributed by atoms with Crippen LogP contribution in [0.15, 0.2) is 30.3 Å². The van der Waals surface area contributed by atoms with Gasteiger partial charge in [-0.15, -0.1) is 0 Å². The molecule has 0 saturated carbocycles. The van der Waals surface area contributed by atoms with Gasteiger partial charge in [0, 0.05) is 18.2 Å². The maximum Gasteiger partial charge on any atom is 0.152 e. The Bertz CT molecular complexity index is 765. The Morgan fingerprint density at radius 1 is 1.11 bits per heavy atom. The molecule has 19 heavy (non-hydrogen) atoms. The van der Waals surface area contributed by atoms with Crippen molar-refractivity contribution in [1.29, 1.82) is 0 Å². The second-order valence-electron chi connectivity index (χ2n) is 4.38. The molecule has 0 unspecified atom stereocenters. The quantitative estimate of drug-likeness (QED) is 0.677. The highest BCUT2D eigenvalue weighted by Gasteiger charge is 2.20. The Balaban J connectivity index is 2.47. The lowest BCUT2D eigenvalue weighted by Crippen LogP contribution is -1.92. The molecule has 0 radical (unpaired) electrons. The minimum absolute atomic E-state index is 0.104. The van der Waals surface area contributed by atoms with Crippen molar-refractivity contribution in [2.45, 2.75) is 6.92 Å². The Morgan fingerprint density at radius 3 is 2.42 bits per heavy atom. The van der Waals surface area contributed by atoms with Gasteiger partial charge in [-0.1, -0.05) is 41.9 Å². The van der Waals surface area contributed by atoms with Crippen LogP contribution in [0.4, 0.5) is 4.39 Å². The largest absolute Gasteiger partial charge is 0.205 e. The van der Waals surface area contributed by atoms with E-state index in [1.807, 2.05) is 30.3 Å². The molecular weight excluding hydrogens is 265 g/mol. The van der Waals surface area contributed by atoms with Crippen LogP contribution >= 0.6 is 11.6 Å². The lowest BCUT2D eigenvalue weighted by molar-refractivity contribution is 0.631. The van der Waals surface area contributed by atoms with E-state index in [0.29, 0.717) is 22.2 Å². The molecule has 0 spiro atoms. The summed E-state index contributed by atoms with van der Waals surface area (Å²) in [6.45, 7) is 1.75. The average molecular weight is 276 g/mol. The second-order valence-corrected chi connectivity index (χ2v) is 4.76.